The molecule has 2 N–H and O–H groups in total. The van der Waals surface area contributed by atoms with Crippen LogP contribution in [0.15, 0.2) is 48.5 Å². The van der Waals surface area contributed by atoms with E-state index in [9.17, 15) is 19.2 Å². The number of carbonyl (C=O) groups is 4. The van der Waals surface area contributed by atoms with Gasteiger partial charge in [-0.15, -0.1) is 0 Å². The highest BCUT2D eigenvalue weighted by Crippen LogP contribution is 2.33. The van der Waals surface area contributed by atoms with Crippen LogP contribution >= 0.6 is 0 Å². The lowest BCUT2D eigenvalue weighted by atomic mass is 9.91. The van der Waals surface area contributed by atoms with Crippen molar-refractivity contribution in [2.75, 3.05) is 16.8 Å². The normalized spacial score (nSPS) is 22.5. The molecule has 33 heavy (non-hydrogen) atoms. The monoisotopic (exact) mass is 448 g/mol. The zero-order chi connectivity index (χ0) is 23.8. The molecule has 172 valence electrons. The van der Waals surface area contributed by atoms with E-state index in [0.717, 1.165) is 23.3 Å². The molecule has 8 nitrogen and oxygen atoms in total. The van der Waals surface area contributed by atoms with Gasteiger partial charge in [0, 0.05) is 12.5 Å². The first-order valence-electron chi connectivity index (χ1n) is 11.2. The summed E-state index contributed by atoms with van der Waals surface area (Å²) in [6.07, 6.45) is 2.06. The molecule has 2 aliphatic rings. The fraction of sp³-hybridized carbons (Fsp3) is 0.360. The Kier molecular flexibility index (Phi) is 5.93. The molecule has 0 bridgehead atoms. The largest absolute Gasteiger partial charge is 0.325 e. The predicted octanol–water partition coefficient (Wildman–Crippen LogP) is 3.17. The van der Waals surface area contributed by atoms with Crippen LogP contribution in [0, 0.1) is 0 Å². The van der Waals surface area contributed by atoms with Crippen molar-refractivity contribution in [3.05, 3.63) is 59.7 Å². The van der Waals surface area contributed by atoms with Crippen molar-refractivity contribution < 1.29 is 19.2 Å². The van der Waals surface area contributed by atoms with Crippen LogP contribution < -0.4 is 15.5 Å². The first-order valence-corrected chi connectivity index (χ1v) is 11.2. The Hall–Kier alpha value is -3.68. The van der Waals surface area contributed by atoms with Gasteiger partial charge < -0.3 is 15.5 Å². The molecule has 2 unspecified atom stereocenters. The second-order valence-corrected chi connectivity index (χ2v) is 8.78. The smallest absolute Gasteiger partial charge is 0.324 e. The van der Waals surface area contributed by atoms with E-state index in [1.807, 2.05) is 24.3 Å². The van der Waals surface area contributed by atoms with Crippen molar-refractivity contribution in [1.82, 2.24) is 10.2 Å². The Bertz CT molecular complexity index is 1110. The SMILES string of the molecule is CCCc1ccc(C2(C)NC(=O)N(CC(=O)N3c4ccccc4NC(=O)CC3C)C2=O)cc1. The van der Waals surface area contributed by atoms with Gasteiger partial charge in [-0.3, -0.25) is 19.3 Å². The van der Waals surface area contributed by atoms with Crippen LogP contribution in [0.3, 0.4) is 0 Å². The summed E-state index contributed by atoms with van der Waals surface area (Å²) in [7, 11) is 0. The Labute approximate surface area is 192 Å². The third-order valence-corrected chi connectivity index (χ3v) is 6.27. The molecule has 2 atom stereocenters. The van der Waals surface area contributed by atoms with Gasteiger partial charge in [-0.2, -0.15) is 0 Å². The standard InChI is InChI=1S/C25H28N4O4/c1-4-7-17-10-12-18(13-11-17)25(3)23(32)28(24(33)27-25)15-22(31)29-16(2)14-21(30)26-19-8-5-6-9-20(19)29/h5-6,8-13,16H,4,7,14-15H2,1-3H3,(H,26,30)(H,27,33). The lowest BCUT2D eigenvalue weighted by Crippen LogP contribution is -2.47. The summed E-state index contributed by atoms with van der Waals surface area (Å²) < 4.78 is 0. The maximum Gasteiger partial charge on any atom is 0.325 e. The van der Waals surface area contributed by atoms with Gasteiger partial charge in [0.05, 0.1) is 11.4 Å². The molecule has 0 radical (unpaired) electrons. The third-order valence-electron chi connectivity index (χ3n) is 6.27. The van der Waals surface area contributed by atoms with Crippen LogP contribution in [-0.4, -0.2) is 41.2 Å². The second kappa shape index (κ2) is 8.69. The van der Waals surface area contributed by atoms with Crippen molar-refractivity contribution in [1.29, 1.82) is 0 Å². The summed E-state index contributed by atoms with van der Waals surface area (Å²) in [5.74, 6) is -1.11. The Balaban J connectivity index is 1.58. The van der Waals surface area contributed by atoms with Gasteiger partial charge in [-0.25, -0.2) is 4.79 Å². The number of aryl methyl sites for hydroxylation is 1. The van der Waals surface area contributed by atoms with E-state index in [0.29, 0.717) is 16.9 Å². The zero-order valence-electron chi connectivity index (χ0n) is 19.1. The summed E-state index contributed by atoms with van der Waals surface area (Å²) in [6, 6.07) is 13.6. The lowest BCUT2D eigenvalue weighted by molar-refractivity contribution is -0.134. The van der Waals surface area contributed by atoms with E-state index in [2.05, 4.69) is 17.6 Å². The van der Waals surface area contributed by atoms with Crippen LogP contribution in [0.25, 0.3) is 0 Å². The zero-order valence-corrected chi connectivity index (χ0v) is 19.1. The number of rotatable bonds is 5. The number of urea groups is 1. The number of carbonyl (C=O) groups excluding carboxylic acids is 4. The van der Waals surface area contributed by atoms with Gasteiger partial charge in [0.1, 0.15) is 12.1 Å². The first-order chi connectivity index (χ1) is 15.7. The Morgan fingerprint density at radius 2 is 1.79 bits per heavy atom. The number of benzene rings is 2. The number of nitrogens with one attached hydrogen (secondary N) is 2. The van der Waals surface area contributed by atoms with Crippen molar-refractivity contribution in [2.24, 2.45) is 0 Å². The van der Waals surface area contributed by atoms with Gasteiger partial charge in [-0.05, 0) is 43.5 Å². The van der Waals surface area contributed by atoms with Gasteiger partial charge in [0.15, 0.2) is 0 Å². The molecule has 0 aliphatic carbocycles. The summed E-state index contributed by atoms with van der Waals surface area (Å²) in [5, 5.41) is 5.56. The highest BCUT2D eigenvalue weighted by molar-refractivity contribution is 6.12. The minimum Gasteiger partial charge on any atom is -0.324 e. The molecule has 2 aliphatic heterocycles. The Morgan fingerprint density at radius 1 is 1.09 bits per heavy atom. The number of hydrogen-bond donors (Lipinski definition) is 2. The van der Waals surface area contributed by atoms with E-state index < -0.39 is 36.0 Å². The number of anilines is 2. The molecule has 1 saturated heterocycles. The van der Waals surface area contributed by atoms with E-state index in [1.165, 1.54) is 4.90 Å². The quantitative estimate of drug-likeness (QED) is 0.687. The molecule has 0 aromatic heterocycles. The number of amides is 5. The summed E-state index contributed by atoms with van der Waals surface area (Å²) in [5.41, 5.74) is 1.64. The fourth-order valence-corrected chi connectivity index (χ4v) is 4.51. The molecule has 0 saturated carbocycles. The number of nitrogens with zero attached hydrogens (tertiary/aromatic N) is 2. The van der Waals surface area contributed by atoms with Crippen LogP contribution in [-0.2, 0) is 26.3 Å². The van der Waals surface area contributed by atoms with Crippen molar-refractivity contribution in [2.45, 2.75) is 51.6 Å². The molecular formula is C25H28N4O4. The van der Waals surface area contributed by atoms with Crippen LogP contribution in [0.1, 0.15) is 44.7 Å². The van der Waals surface area contributed by atoms with Crippen molar-refractivity contribution in [3.8, 4) is 0 Å². The first kappa shape index (κ1) is 22.5. The number of imide groups is 1. The van der Waals surface area contributed by atoms with Crippen molar-refractivity contribution in [3.63, 3.8) is 0 Å². The predicted molar refractivity (Wildman–Crippen MR) is 125 cm³/mol. The number of para-hydroxylation sites is 2. The molecule has 2 aromatic rings. The van der Waals surface area contributed by atoms with Crippen LogP contribution in [0.4, 0.5) is 16.2 Å². The van der Waals surface area contributed by atoms with E-state index in [4.69, 9.17) is 0 Å². The molecule has 5 amide bonds. The van der Waals surface area contributed by atoms with Crippen molar-refractivity contribution >= 4 is 35.1 Å². The maximum absolute atomic E-state index is 13.4. The molecule has 8 heteroatoms. The number of hydrogen-bond acceptors (Lipinski definition) is 4. The number of fused-ring (bicyclic) bond motifs is 1. The topological polar surface area (TPSA) is 98.8 Å². The molecular weight excluding hydrogens is 420 g/mol. The molecule has 4 rings (SSSR count). The summed E-state index contributed by atoms with van der Waals surface area (Å²) in [6.45, 7) is 5.10. The molecule has 0 spiro atoms. The van der Waals surface area contributed by atoms with Gasteiger partial charge >= 0.3 is 6.03 Å². The molecule has 2 aromatic carbocycles. The third kappa shape index (κ3) is 4.08. The van der Waals surface area contributed by atoms with E-state index in [1.54, 1.807) is 38.1 Å². The minimum atomic E-state index is -1.25. The van der Waals surface area contributed by atoms with E-state index >= 15 is 0 Å². The highest BCUT2D eigenvalue weighted by atomic mass is 16.2. The van der Waals surface area contributed by atoms with Crippen LogP contribution in [0.5, 0.6) is 0 Å². The lowest BCUT2D eigenvalue weighted by Gasteiger charge is -2.29. The van der Waals surface area contributed by atoms with Gasteiger partial charge in [0.25, 0.3) is 5.91 Å². The van der Waals surface area contributed by atoms with Gasteiger partial charge in [-0.1, -0.05) is 49.7 Å². The molecule has 2 heterocycles. The summed E-state index contributed by atoms with van der Waals surface area (Å²) >= 11 is 0. The van der Waals surface area contributed by atoms with Gasteiger partial charge in [0.2, 0.25) is 11.8 Å². The highest BCUT2D eigenvalue weighted by Gasteiger charge is 2.50. The second-order valence-electron chi connectivity index (χ2n) is 8.78. The van der Waals surface area contributed by atoms with Crippen LogP contribution in [0.2, 0.25) is 0 Å². The fourth-order valence-electron chi connectivity index (χ4n) is 4.51. The minimum absolute atomic E-state index is 0.113. The maximum atomic E-state index is 13.4. The summed E-state index contributed by atoms with van der Waals surface area (Å²) in [4.78, 5) is 54.1. The average molecular weight is 449 g/mol. The van der Waals surface area contributed by atoms with E-state index in [-0.39, 0.29) is 12.3 Å². The average Bonchev–Trinajstić information content (AvgIpc) is 2.91. The Morgan fingerprint density at radius 3 is 2.48 bits per heavy atom. The molecule has 1 fully saturated rings.